The van der Waals surface area contributed by atoms with Crippen molar-refractivity contribution < 1.29 is 9.84 Å². The maximum Gasteiger partial charge on any atom is 0.0678 e. The summed E-state index contributed by atoms with van der Waals surface area (Å²) in [6, 6.07) is 0.396. The lowest BCUT2D eigenvalue weighted by Crippen LogP contribution is -2.50. The average molecular weight is 230 g/mol. The second kappa shape index (κ2) is 7.22. The maximum absolute atomic E-state index is 9.01. The van der Waals surface area contributed by atoms with Gasteiger partial charge in [-0.05, 0) is 26.8 Å². The molecule has 0 saturated carbocycles. The van der Waals surface area contributed by atoms with Crippen molar-refractivity contribution in [3.05, 3.63) is 0 Å². The molecule has 0 radical (unpaired) electrons. The third kappa shape index (κ3) is 4.78. The van der Waals surface area contributed by atoms with Crippen LogP contribution < -0.4 is 5.32 Å². The summed E-state index contributed by atoms with van der Waals surface area (Å²) in [4.78, 5) is 2.43. The van der Waals surface area contributed by atoms with Crippen molar-refractivity contribution in [3.63, 3.8) is 0 Å². The Hall–Kier alpha value is -0.160. The van der Waals surface area contributed by atoms with E-state index in [1.807, 2.05) is 0 Å². The highest BCUT2D eigenvalue weighted by molar-refractivity contribution is 4.78. The number of hydrogen-bond acceptors (Lipinski definition) is 4. The van der Waals surface area contributed by atoms with E-state index in [1.165, 1.54) is 0 Å². The van der Waals surface area contributed by atoms with Gasteiger partial charge in [-0.25, -0.2) is 0 Å². The number of ether oxygens (including phenoxy) is 1. The Labute approximate surface area is 99.0 Å². The van der Waals surface area contributed by atoms with E-state index in [-0.39, 0.29) is 6.61 Å². The SMILES string of the molecule is CCNC(CCO)CN1CC(C)OC(C)C1. The lowest BCUT2D eigenvalue weighted by Gasteiger charge is -2.37. The molecule has 1 aliphatic rings. The van der Waals surface area contributed by atoms with E-state index < -0.39 is 0 Å². The number of likely N-dealkylation sites (N-methyl/N-ethyl adjacent to an activating group) is 1. The highest BCUT2D eigenvalue weighted by Gasteiger charge is 2.23. The molecule has 1 saturated heterocycles. The Morgan fingerprint density at radius 2 is 2.00 bits per heavy atom. The minimum absolute atomic E-state index is 0.257. The molecule has 4 heteroatoms. The summed E-state index contributed by atoms with van der Waals surface area (Å²) in [5.74, 6) is 0. The molecule has 16 heavy (non-hydrogen) atoms. The molecule has 2 N–H and O–H groups in total. The lowest BCUT2D eigenvalue weighted by atomic mass is 10.1. The van der Waals surface area contributed by atoms with Crippen molar-refractivity contribution in [2.24, 2.45) is 0 Å². The van der Waals surface area contributed by atoms with Crippen molar-refractivity contribution in [1.29, 1.82) is 0 Å². The molecule has 0 bridgehead atoms. The first-order valence-corrected chi connectivity index (χ1v) is 6.37. The van der Waals surface area contributed by atoms with Gasteiger partial charge in [0.1, 0.15) is 0 Å². The smallest absolute Gasteiger partial charge is 0.0678 e. The van der Waals surface area contributed by atoms with Crippen molar-refractivity contribution in [2.45, 2.75) is 45.4 Å². The number of nitrogens with one attached hydrogen (secondary N) is 1. The van der Waals surface area contributed by atoms with Crippen molar-refractivity contribution in [1.82, 2.24) is 10.2 Å². The fourth-order valence-corrected chi connectivity index (χ4v) is 2.45. The van der Waals surface area contributed by atoms with Gasteiger partial charge in [-0.1, -0.05) is 6.92 Å². The first-order valence-electron chi connectivity index (χ1n) is 6.37. The van der Waals surface area contributed by atoms with Crippen LogP contribution in [0.3, 0.4) is 0 Å². The van der Waals surface area contributed by atoms with E-state index in [0.717, 1.165) is 32.6 Å². The van der Waals surface area contributed by atoms with Gasteiger partial charge in [-0.2, -0.15) is 0 Å². The zero-order valence-corrected chi connectivity index (χ0v) is 10.8. The van der Waals surface area contributed by atoms with Crippen molar-refractivity contribution in [2.75, 3.05) is 32.8 Å². The van der Waals surface area contributed by atoms with Crippen LogP contribution in [0.4, 0.5) is 0 Å². The molecule has 0 aromatic rings. The first-order chi connectivity index (χ1) is 7.65. The largest absolute Gasteiger partial charge is 0.396 e. The van der Waals surface area contributed by atoms with Crippen molar-refractivity contribution in [3.8, 4) is 0 Å². The van der Waals surface area contributed by atoms with Gasteiger partial charge >= 0.3 is 0 Å². The molecule has 3 atom stereocenters. The second-order valence-corrected chi connectivity index (χ2v) is 4.74. The summed E-state index contributed by atoms with van der Waals surface area (Å²) in [7, 11) is 0. The molecular weight excluding hydrogens is 204 g/mol. The molecule has 1 heterocycles. The summed E-state index contributed by atoms with van der Waals surface area (Å²) in [5.41, 5.74) is 0. The lowest BCUT2D eigenvalue weighted by molar-refractivity contribution is -0.0702. The fraction of sp³-hybridized carbons (Fsp3) is 1.00. The number of nitrogens with zero attached hydrogens (tertiary/aromatic N) is 1. The van der Waals surface area contributed by atoms with Gasteiger partial charge in [0.2, 0.25) is 0 Å². The molecular formula is C12H26N2O2. The molecule has 96 valence electrons. The Balaban J connectivity index is 2.37. The molecule has 4 nitrogen and oxygen atoms in total. The Morgan fingerprint density at radius 3 is 2.50 bits per heavy atom. The van der Waals surface area contributed by atoms with Crippen molar-refractivity contribution >= 4 is 0 Å². The molecule has 3 unspecified atom stereocenters. The molecule has 0 aromatic heterocycles. The quantitative estimate of drug-likeness (QED) is 0.696. The van der Waals surface area contributed by atoms with E-state index >= 15 is 0 Å². The van der Waals surface area contributed by atoms with Gasteiger partial charge in [0.25, 0.3) is 0 Å². The van der Waals surface area contributed by atoms with Crippen LogP contribution in [0.15, 0.2) is 0 Å². The molecule has 0 aliphatic carbocycles. The number of hydrogen-bond donors (Lipinski definition) is 2. The zero-order valence-electron chi connectivity index (χ0n) is 10.8. The molecule has 0 spiro atoms. The Morgan fingerprint density at radius 1 is 1.38 bits per heavy atom. The minimum atomic E-state index is 0.257. The van der Waals surface area contributed by atoms with E-state index in [9.17, 15) is 0 Å². The Bertz CT molecular complexity index is 174. The van der Waals surface area contributed by atoms with Gasteiger partial charge in [-0.3, -0.25) is 4.90 Å². The predicted octanol–water partition coefficient (Wildman–Crippen LogP) is 0.456. The predicted molar refractivity (Wildman–Crippen MR) is 65.6 cm³/mol. The molecule has 1 aliphatic heterocycles. The molecule has 0 aromatic carbocycles. The summed E-state index contributed by atoms with van der Waals surface area (Å²) in [6.45, 7) is 10.6. The summed E-state index contributed by atoms with van der Waals surface area (Å²) in [5, 5.41) is 12.4. The van der Waals surface area contributed by atoms with E-state index in [4.69, 9.17) is 9.84 Å². The Kier molecular flexibility index (Phi) is 6.28. The highest BCUT2D eigenvalue weighted by atomic mass is 16.5. The summed E-state index contributed by atoms with van der Waals surface area (Å²) in [6.07, 6.45) is 1.47. The second-order valence-electron chi connectivity index (χ2n) is 4.74. The number of aliphatic hydroxyl groups excluding tert-OH is 1. The summed E-state index contributed by atoms with van der Waals surface area (Å²) < 4.78 is 5.71. The van der Waals surface area contributed by atoms with Crippen LogP contribution in [0.5, 0.6) is 0 Å². The average Bonchev–Trinajstić information content (AvgIpc) is 2.16. The topological polar surface area (TPSA) is 44.7 Å². The van der Waals surface area contributed by atoms with E-state index in [0.29, 0.717) is 18.2 Å². The van der Waals surface area contributed by atoms with Crippen LogP contribution in [0.25, 0.3) is 0 Å². The number of morpholine rings is 1. The van der Waals surface area contributed by atoms with E-state index in [1.54, 1.807) is 0 Å². The zero-order chi connectivity index (χ0) is 12.0. The summed E-state index contributed by atoms with van der Waals surface area (Å²) >= 11 is 0. The van der Waals surface area contributed by atoms with Crippen LogP contribution >= 0.6 is 0 Å². The minimum Gasteiger partial charge on any atom is -0.396 e. The first kappa shape index (κ1) is 13.9. The molecule has 1 fully saturated rings. The standard InChI is InChI=1S/C12H26N2O2/c1-4-13-12(5-6-15)9-14-7-10(2)16-11(3)8-14/h10-13,15H,4-9H2,1-3H3. The van der Waals surface area contributed by atoms with Crippen LogP contribution in [-0.2, 0) is 4.74 Å². The van der Waals surface area contributed by atoms with Crippen LogP contribution in [0.1, 0.15) is 27.2 Å². The third-order valence-electron chi connectivity index (χ3n) is 2.94. The van der Waals surface area contributed by atoms with Gasteiger partial charge in [-0.15, -0.1) is 0 Å². The van der Waals surface area contributed by atoms with Gasteiger partial charge in [0.05, 0.1) is 12.2 Å². The normalized spacial score (nSPS) is 29.2. The molecule has 1 rings (SSSR count). The van der Waals surface area contributed by atoms with Crippen LogP contribution in [-0.4, -0.2) is 61.0 Å². The van der Waals surface area contributed by atoms with Gasteiger partial charge in [0.15, 0.2) is 0 Å². The maximum atomic E-state index is 9.01. The van der Waals surface area contributed by atoms with E-state index in [2.05, 4.69) is 31.0 Å². The molecule has 0 amide bonds. The number of aliphatic hydroxyl groups is 1. The number of rotatable bonds is 6. The van der Waals surface area contributed by atoms with Crippen LogP contribution in [0, 0.1) is 0 Å². The third-order valence-corrected chi connectivity index (χ3v) is 2.94. The highest BCUT2D eigenvalue weighted by Crippen LogP contribution is 2.11. The van der Waals surface area contributed by atoms with Gasteiger partial charge < -0.3 is 15.2 Å². The monoisotopic (exact) mass is 230 g/mol. The fourth-order valence-electron chi connectivity index (χ4n) is 2.45. The van der Waals surface area contributed by atoms with Gasteiger partial charge in [0, 0.05) is 32.3 Å². The van der Waals surface area contributed by atoms with Crippen LogP contribution in [0.2, 0.25) is 0 Å².